The van der Waals surface area contributed by atoms with Gasteiger partial charge in [0, 0.05) is 31.2 Å². The molecule has 0 N–H and O–H groups in total. The van der Waals surface area contributed by atoms with Gasteiger partial charge in [-0.1, -0.05) is 71.8 Å². The van der Waals surface area contributed by atoms with Gasteiger partial charge in [0.25, 0.3) is 0 Å². The van der Waals surface area contributed by atoms with Gasteiger partial charge in [-0.25, -0.2) is 8.42 Å². The first-order valence-electron chi connectivity index (χ1n) is 12.0. The molecule has 1 saturated heterocycles. The molecule has 2 fully saturated rings. The summed E-state index contributed by atoms with van der Waals surface area (Å²) in [5.74, 6) is -0.250. The predicted octanol–water partition coefficient (Wildman–Crippen LogP) is 4.89. The van der Waals surface area contributed by atoms with E-state index in [4.69, 9.17) is 11.6 Å². The van der Waals surface area contributed by atoms with E-state index in [1.165, 1.54) is 5.56 Å². The lowest BCUT2D eigenvalue weighted by atomic mass is 9.96. The van der Waals surface area contributed by atoms with Crippen LogP contribution in [0.15, 0.2) is 83.8 Å². The third kappa shape index (κ3) is 4.51. The maximum atomic E-state index is 13.5. The Morgan fingerprint density at radius 3 is 1.97 bits per heavy atom. The smallest absolute Gasteiger partial charge is 0.244 e. The molecular formula is C28H29ClN2O3S. The second kappa shape index (κ2) is 9.41. The second-order valence-electron chi connectivity index (χ2n) is 9.50. The molecular weight excluding hydrogens is 480 g/mol. The molecule has 0 aromatic heterocycles. The maximum Gasteiger partial charge on any atom is 0.244 e. The van der Waals surface area contributed by atoms with Crippen LogP contribution >= 0.6 is 11.6 Å². The summed E-state index contributed by atoms with van der Waals surface area (Å²) < 4.78 is 25.5. The van der Waals surface area contributed by atoms with Crippen molar-refractivity contribution in [3.63, 3.8) is 0 Å². The van der Waals surface area contributed by atoms with Gasteiger partial charge in [0.15, 0.2) is 14.6 Å². The van der Waals surface area contributed by atoms with E-state index in [9.17, 15) is 13.2 Å². The number of aryl methyl sites for hydroxylation is 1. The second-order valence-corrected chi connectivity index (χ2v) is 12.2. The van der Waals surface area contributed by atoms with Crippen LogP contribution in [0.5, 0.6) is 0 Å². The molecule has 0 bridgehead atoms. The summed E-state index contributed by atoms with van der Waals surface area (Å²) in [4.78, 5) is 17.9. The number of amides is 1. The van der Waals surface area contributed by atoms with E-state index in [1.54, 1.807) is 29.2 Å². The minimum absolute atomic E-state index is 0.0388. The van der Waals surface area contributed by atoms with Crippen molar-refractivity contribution in [1.82, 2.24) is 9.80 Å². The monoisotopic (exact) mass is 508 g/mol. The lowest BCUT2D eigenvalue weighted by Crippen LogP contribution is -2.54. The molecule has 3 aromatic carbocycles. The average Bonchev–Trinajstić information content (AvgIpc) is 3.69. The zero-order chi connectivity index (χ0) is 24.6. The Bertz CT molecular complexity index is 1300. The normalized spacial score (nSPS) is 18.7. The molecule has 5 rings (SSSR count). The standard InChI is InChI=1S/C28H29ClN2O3S/c1-21-7-13-25(14-8-21)35(33,34)28(15-16-28)27(32)31-19-17-30(18-20-31)26(22-5-3-2-4-6-22)23-9-11-24(29)12-10-23/h2-14,26H,15-20H2,1H3. The highest BCUT2D eigenvalue weighted by Gasteiger charge is 2.62. The molecule has 2 aliphatic rings. The van der Waals surface area contributed by atoms with Crippen molar-refractivity contribution in [3.05, 3.63) is 101 Å². The van der Waals surface area contributed by atoms with Crippen LogP contribution in [-0.4, -0.2) is 55.1 Å². The van der Waals surface area contributed by atoms with Crippen LogP contribution in [-0.2, 0) is 14.6 Å². The molecule has 0 radical (unpaired) electrons. The average molecular weight is 509 g/mol. The summed E-state index contributed by atoms with van der Waals surface area (Å²) in [5, 5.41) is 0.695. The number of hydrogen-bond donors (Lipinski definition) is 0. The molecule has 5 nitrogen and oxygen atoms in total. The van der Waals surface area contributed by atoms with Gasteiger partial charge in [0.05, 0.1) is 10.9 Å². The van der Waals surface area contributed by atoms with Crippen molar-refractivity contribution >= 4 is 27.3 Å². The number of nitrogens with zero attached hydrogens (tertiary/aromatic N) is 2. The number of halogens is 1. The topological polar surface area (TPSA) is 57.7 Å². The SMILES string of the molecule is Cc1ccc(S(=O)(=O)C2(C(=O)N3CCN(C(c4ccccc4)c4ccc(Cl)cc4)CC3)CC2)cc1. The number of rotatable bonds is 6. The van der Waals surface area contributed by atoms with Gasteiger partial charge >= 0.3 is 0 Å². The number of sulfone groups is 1. The molecule has 1 atom stereocenters. The van der Waals surface area contributed by atoms with Crippen LogP contribution in [0.4, 0.5) is 0 Å². The largest absolute Gasteiger partial charge is 0.339 e. The molecule has 7 heteroatoms. The first-order chi connectivity index (χ1) is 16.8. The Hall–Kier alpha value is -2.67. The summed E-state index contributed by atoms with van der Waals surface area (Å²) in [6, 6.07) is 25.0. The van der Waals surface area contributed by atoms with E-state index in [0.29, 0.717) is 44.0 Å². The number of carbonyl (C=O) groups is 1. The third-order valence-corrected chi connectivity index (χ3v) is 9.96. The van der Waals surface area contributed by atoms with Crippen LogP contribution < -0.4 is 0 Å². The van der Waals surface area contributed by atoms with Gasteiger partial charge in [0.1, 0.15) is 0 Å². The molecule has 1 heterocycles. The zero-order valence-electron chi connectivity index (χ0n) is 19.7. The summed E-state index contributed by atoms with van der Waals surface area (Å²) in [7, 11) is -3.73. The summed E-state index contributed by atoms with van der Waals surface area (Å²) in [5.41, 5.74) is 3.31. The lowest BCUT2D eigenvalue weighted by molar-refractivity contribution is -0.133. The Balaban J connectivity index is 1.34. The highest BCUT2D eigenvalue weighted by molar-refractivity contribution is 7.94. The summed E-state index contributed by atoms with van der Waals surface area (Å²) >= 11 is 6.13. The van der Waals surface area contributed by atoms with Gasteiger partial charge in [-0.2, -0.15) is 0 Å². The number of benzene rings is 3. The van der Waals surface area contributed by atoms with Crippen molar-refractivity contribution in [2.24, 2.45) is 0 Å². The van der Waals surface area contributed by atoms with Crippen LogP contribution in [0.2, 0.25) is 5.02 Å². The Kier molecular flexibility index (Phi) is 6.47. The molecule has 1 saturated carbocycles. The van der Waals surface area contributed by atoms with E-state index in [2.05, 4.69) is 17.0 Å². The van der Waals surface area contributed by atoms with Crippen LogP contribution in [0, 0.1) is 6.92 Å². The fourth-order valence-corrected chi connectivity index (χ4v) is 7.09. The van der Waals surface area contributed by atoms with Gasteiger partial charge in [-0.3, -0.25) is 9.69 Å². The van der Waals surface area contributed by atoms with Crippen molar-refractivity contribution in [2.75, 3.05) is 26.2 Å². The summed E-state index contributed by atoms with van der Waals surface area (Å²) in [6.45, 7) is 4.24. The summed E-state index contributed by atoms with van der Waals surface area (Å²) in [6.07, 6.45) is 0.777. The quantitative estimate of drug-likeness (QED) is 0.476. The van der Waals surface area contributed by atoms with Crippen LogP contribution in [0.3, 0.4) is 0 Å². The molecule has 1 unspecified atom stereocenters. The Morgan fingerprint density at radius 2 is 1.40 bits per heavy atom. The van der Waals surface area contributed by atoms with E-state index >= 15 is 0 Å². The molecule has 35 heavy (non-hydrogen) atoms. The van der Waals surface area contributed by atoms with Gasteiger partial charge in [0.2, 0.25) is 5.91 Å². The Morgan fingerprint density at radius 1 is 0.829 bits per heavy atom. The molecule has 182 valence electrons. The maximum absolute atomic E-state index is 13.5. The Labute approximate surface area is 212 Å². The predicted molar refractivity (Wildman–Crippen MR) is 138 cm³/mol. The van der Waals surface area contributed by atoms with Crippen molar-refractivity contribution in [3.8, 4) is 0 Å². The number of piperazine rings is 1. The fraction of sp³-hybridized carbons (Fsp3) is 0.321. The van der Waals surface area contributed by atoms with E-state index in [0.717, 1.165) is 11.1 Å². The van der Waals surface area contributed by atoms with Crippen LogP contribution in [0.1, 0.15) is 35.6 Å². The highest BCUT2D eigenvalue weighted by Crippen LogP contribution is 2.48. The van der Waals surface area contributed by atoms with Crippen LogP contribution in [0.25, 0.3) is 0 Å². The number of hydrogen-bond acceptors (Lipinski definition) is 4. The minimum atomic E-state index is -3.73. The number of carbonyl (C=O) groups excluding carboxylic acids is 1. The molecule has 3 aromatic rings. The van der Waals surface area contributed by atoms with Crippen molar-refractivity contribution < 1.29 is 13.2 Å². The van der Waals surface area contributed by atoms with Gasteiger partial charge in [-0.05, 0) is 55.2 Å². The van der Waals surface area contributed by atoms with E-state index in [1.807, 2.05) is 49.4 Å². The van der Waals surface area contributed by atoms with E-state index in [-0.39, 0.29) is 16.8 Å². The van der Waals surface area contributed by atoms with Crippen molar-refractivity contribution in [1.29, 1.82) is 0 Å². The lowest BCUT2D eigenvalue weighted by Gasteiger charge is -2.40. The molecule has 1 amide bonds. The minimum Gasteiger partial charge on any atom is -0.339 e. The molecule has 0 spiro atoms. The van der Waals surface area contributed by atoms with Gasteiger partial charge < -0.3 is 4.90 Å². The molecule has 1 aliphatic heterocycles. The van der Waals surface area contributed by atoms with Crippen molar-refractivity contribution in [2.45, 2.75) is 35.4 Å². The third-order valence-electron chi connectivity index (χ3n) is 7.21. The zero-order valence-corrected chi connectivity index (χ0v) is 21.3. The van der Waals surface area contributed by atoms with Gasteiger partial charge in [-0.15, -0.1) is 0 Å². The van der Waals surface area contributed by atoms with E-state index < -0.39 is 14.6 Å². The fourth-order valence-electron chi connectivity index (χ4n) is 5.02. The first-order valence-corrected chi connectivity index (χ1v) is 13.8. The first kappa shape index (κ1) is 24.0. The molecule has 1 aliphatic carbocycles. The highest BCUT2D eigenvalue weighted by atomic mass is 35.5.